The van der Waals surface area contributed by atoms with Gasteiger partial charge in [-0.05, 0) is 26.4 Å². The highest BCUT2D eigenvalue weighted by atomic mass is 16.1. The number of hydrogen-bond donors (Lipinski definition) is 1. The normalized spacial score (nSPS) is 12.5. The third-order valence-electron chi connectivity index (χ3n) is 5.24. The molecule has 0 aliphatic carbocycles. The lowest BCUT2D eigenvalue weighted by Crippen LogP contribution is -2.45. The van der Waals surface area contributed by atoms with Gasteiger partial charge in [0.25, 0.3) is 0 Å². The van der Waals surface area contributed by atoms with Gasteiger partial charge in [0.15, 0.2) is 0 Å². The molecule has 0 aromatic carbocycles. The standard InChI is InChI=1S/C22H46N2O/c1-5-8-9-10-11-12-13-14-15-16-17-18-19-20-22(25)23-21(4)24(6-2)7-3/h21H,5-20H2,1-4H3,(H,23,25). The molecule has 1 N–H and O–H groups in total. The van der Waals surface area contributed by atoms with Crippen molar-refractivity contribution in [3.05, 3.63) is 0 Å². The Morgan fingerprint density at radius 1 is 0.720 bits per heavy atom. The first-order chi connectivity index (χ1) is 12.2. The second-order valence-corrected chi connectivity index (χ2v) is 7.46. The maximum Gasteiger partial charge on any atom is 0.221 e. The van der Waals surface area contributed by atoms with Gasteiger partial charge in [0.05, 0.1) is 6.17 Å². The molecule has 0 saturated carbocycles. The number of nitrogens with one attached hydrogen (secondary N) is 1. The van der Waals surface area contributed by atoms with Crippen molar-refractivity contribution < 1.29 is 4.79 Å². The monoisotopic (exact) mass is 354 g/mol. The summed E-state index contributed by atoms with van der Waals surface area (Å²) in [6.07, 6.45) is 18.4. The predicted octanol–water partition coefficient (Wildman–Crippen LogP) is 6.27. The van der Waals surface area contributed by atoms with Gasteiger partial charge in [0.1, 0.15) is 0 Å². The zero-order chi connectivity index (χ0) is 18.8. The lowest BCUT2D eigenvalue weighted by atomic mass is 10.0. The van der Waals surface area contributed by atoms with Crippen molar-refractivity contribution in [1.29, 1.82) is 0 Å². The van der Waals surface area contributed by atoms with E-state index in [-0.39, 0.29) is 12.1 Å². The van der Waals surface area contributed by atoms with Crippen molar-refractivity contribution in [1.82, 2.24) is 10.2 Å². The molecule has 1 atom stereocenters. The van der Waals surface area contributed by atoms with Crippen LogP contribution in [0.25, 0.3) is 0 Å². The van der Waals surface area contributed by atoms with Crippen molar-refractivity contribution in [2.24, 2.45) is 0 Å². The number of amides is 1. The van der Waals surface area contributed by atoms with E-state index in [1.54, 1.807) is 0 Å². The van der Waals surface area contributed by atoms with Gasteiger partial charge >= 0.3 is 0 Å². The van der Waals surface area contributed by atoms with E-state index in [2.05, 4.69) is 37.9 Å². The minimum absolute atomic E-state index is 0.157. The second-order valence-electron chi connectivity index (χ2n) is 7.46. The van der Waals surface area contributed by atoms with Crippen LogP contribution in [0, 0.1) is 0 Å². The van der Waals surface area contributed by atoms with Gasteiger partial charge in [0, 0.05) is 6.42 Å². The van der Waals surface area contributed by atoms with Crippen LogP contribution in [0.2, 0.25) is 0 Å². The van der Waals surface area contributed by atoms with Crippen LogP contribution in [-0.4, -0.2) is 30.1 Å². The molecule has 0 rings (SSSR count). The average Bonchev–Trinajstić information content (AvgIpc) is 2.60. The maximum absolute atomic E-state index is 12.0. The number of carbonyl (C=O) groups excluding carboxylic acids is 1. The average molecular weight is 355 g/mol. The molecule has 0 radical (unpaired) electrons. The Kier molecular flexibility index (Phi) is 17.8. The van der Waals surface area contributed by atoms with E-state index in [9.17, 15) is 4.79 Å². The summed E-state index contributed by atoms with van der Waals surface area (Å²) in [7, 11) is 0. The topological polar surface area (TPSA) is 32.3 Å². The zero-order valence-corrected chi connectivity index (χ0v) is 17.7. The van der Waals surface area contributed by atoms with Crippen LogP contribution in [0.5, 0.6) is 0 Å². The van der Waals surface area contributed by atoms with Crippen LogP contribution in [-0.2, 0) is 4.79 Å². The highest BCUT2D eigenvalue weighted by Gasteiger charge is 2.12. The quantitative estimate of drug-likeness (QED) is 0.232. The fourth-order valence-corrected chi connectivity index (χ4v) is 3.47. The number of hydrogen-bond acceptors (Lipinski definition) is 2. The number of rotatable bonds is 18. The highest BCUT2D eigenvalue weighted by molar-refractivity contribution is 5.76. The van der Waals surface area contributed by atoms with E-state index < -0.39 is 0 Å². The molecular weight excluding hydrogens is 308 g/mol. The van der Waals surface area contributed by atoms with Crippen molar-refractivity contribution in [3.63, 3.8) is 0 Å². The maximum atomic E-state index is 12.0. The summed E-state index contributed by atoms with van der Waals surface area (Å²) in [5.41, 5.74) is 0. The van der Waals surface area contributed by atoms with E-state index in [1.165, 1.54) is 77.0 Å². The predicted molar refractivity (Wildman–Crippen MR) is 111 cm³/mol. The smallest absolute Gasteiger partial charge is 0.221 e. The number of unbranched alkanes of at least 4 members (excludes halogenated alkanes) is 12. The third-order valence-corrected chi connectivity index (χ3v) is 5.24. The molecule has 0 saturated heterocycles. The molecule has 0 bridgehead atoms. The van der Waals surface area contributed by atoms with Crippen LogP contribution in [0.15, 0.2) is 0 Å². The summed E-state index contributed by atoms with van der Waals surface area (Å²) in [5, 5.41) is 3.11. The summed E-state index contributed by atoms with van der Waals surface area (Å²) >= 11 is 0. The molecule has 0 aliphatic rings. The third kappa shape index (κ3) is 15.4. The van der Waals surface area contributed by atoms with Crippen molar-refractivity contribution in [2.75, 3.05) is 13.1 Å². The van der Waals surface area contributed by atoms with E-state index >= 15 is 0 Å². The van der Waals surface area contributed by atoms with Crippen LogP contribution in [0.4, 0.5) is 0 Å². The minimum atomic E-state index is 0.157. The molecule has 0 fully saturated rings. The summed E-state index contributed by atoms with van der Waals surface area (Å²) in [5.74, 6) is 0.211. The van der Waals surface area contributed by atoms with E-state index in [4.69, 9.17) is 0 Å². The van der Waals surface area contributed by atoms with Gasteiger partial charge in [-0.2, -0.15) is 0 Å². The van der Waals surface area contributed by atoms with Gasteiger partial charge < -0.3 is 5.32 Å². The van der Waals surface area contributed by atoms with Crippen LogP contribution in [0.1, 0.15) is 118 Å². The number of nitrogens with zero attached hydrogens (tertiary/aromatic N) is 1. The largest absolute Gasteiger partial charge is 0.341 e. The second kappa shape index (κ2) is 18.2. The highest BCUT2D eigenvalue weighted by Crippen LogP contribution is 2.13. The van der Waals surface area contributed by atoms with Crippen molar-refractivity contribution >= 4 is 5.91 Å². The van der Waals surface area contributed by atoms with Crippen LogP contribution < -0.4 is 5.32 Å². The van der Waals surface area contributed by atoms with Crippen molar-refractivity contribution in [2.45, 2.75) is 124 Å². The lowest BCUT2D eigenvalue weighted by molar-refractivity contribution is -0.123. The first-order valence-electron chi connectivity index (χ1n) is 11.2. The lowest BCUT2D eigenvalue weighted by Gasteiger charge is -2.27. The van der Waals surface area contributed by atoms with Gasteiger partial charge in [-0.25, -0.2) is 0 Å². The minimum Gasteiger partial charge on any atom is -0.341 e. The molecule has 0 spiro atoms. The van der Waals surface area contributed by atoms with Crippen molar-refractivity contribution in [3.8, 4) is 0 Å². The molecule has 0 aromatic rings. The first-order valence-corrected chi connectivity index (χ1v) is 11.2. The Bertz CT molecular complexity index is 290. The van der Waals surface area contributed by atoms with E-state index in [0.29, 0.717) is 6.42 Å². The summed E-state index contributed by atoms with van der Waals surface area (Å²) < 4.78 is 0. The fraction of sp³-hybridized carbons (Fsp3) is 0.955. The summed E-state index contributed by atoms with van der Waals surface area (Å²) in [6.45, 7) is 10.6. The van der Waals surface area contributed by atoms with E-state index in [1.807, 2.05) is 0 Å². The number of carbonyl (C=O) groups is 1. The Hall–Kier alpha value is -0.570. The van der Waals surface area contributed by atoms with Gasteiger partial charge in [-0.15, -0.1) is 0 Å². The molecule has 0 aliphatic heterocycles. The Balaban J connectivity index is 3.34. The molecule has 1 amide bonds. The Labute approximate surface area is 158 Å². The molecule has 150 valence electrons. The first kappa shape index (κ1) is 24.4. The molecule has 25 heavy (non-hydrogen) atoms. The van der Waals surface area contributed by atoms with Crippen LogP contribution in [0.3, 0.4) is 0 Å². The molecule has 3 nitrogen and oxygen atoms in total. The van der Waals surface area contributed by atoms with E-state index in [0.717, 1.165) is 19.5 Å². The summed E-state index contributed by atoms with van der Waals surface area (Å²) in [6, 6.07) is 0. The molecule has 3 heteroatoms. The zero-order valence-electron chi connectivity index (χ0n) is 17.7. The molecule has 0 heterocycles. The summed E-state index contributed by atoms with van der Waals surface area (Å²) in [4.78, 5) is 14.2. The Morgan fingerprint density at radius 3 is 1.52 bits per heavy atom. The molecule has 0 aromatic heterocycles. The molecular formula is C22H46N2O. The van der Waals surface area contributed by atoms with Gasteiger partial charge in [-0.3, -0.25) is 9.69 Å². The molecule has 1 unspecified atom stereocenters. The SMILES string of the molecule is CCCCCCCCCCCCCCCC(=O)NC(C)N(CC)CC. The van der Waals surface area contributed by atoms with Crippen LogP contribution >= 0.6 is 0 Å². The van der Waals surface area contributed by atoms with Gasteiger partial charge in [0.2, 0.25) is 5.91 Å². The van der Waals surface area contributed by atoms with Gasteiger partial charge in [-0.1, -0.05) is 97.8 Å². The fourth-order valence-electron chi connectivity index (χ4n) is 3.47. The Morgan fingerprint density at radius 2 is 1.12 bits per heavy atom.